The summed E-state index contributed by atoms with van der Waals surface area (Å²) in [6.07, 6.45) is 0. The van der Waals surface area contributed by atoms with E-state index in [9.17, 15) is 5.21 Å². The average Bonchev–Trinajstić information content (AvgIpc) is 2.61. The number of nitrogens with one attached hydrogen (secondary N) is 1. The van der Waals surface area contributed by atoms with Crippen LogP contribution in [0.25, 0.3) is 0 Å². The Labute approximate surface area is 86.4 Å². The molecule has 2 rings (SSSR count). The van der Waals surface area contributed by atoms with Gasteiger partial charge in [-0.05, 0) is 4.90 Å². The molecule has 15 heavy (non-hydrogen) atoms. The Hall–Kier alpha value is -1.65. The molecule has 0 saturated carbocycles. The molecule has 1 saturated heterocycles. The van der Waals surface area contributed by atoms with Gasteiger partial charge in [-0.3, -0.25) is 9.53 Å². The van der Waals surface area contributed by atoms with Crippen LogP contribution in [0.1, 0.15) is 11.4 Å². The Kier molecular flexibility index (Phi) is 2.80. The van der Waals surface area contributed by atoms with Crippen molar-refractivity contribution in [2.45, 2.75) is 6.54 Å². The maximum Gasteiger partial charge on any atom is 0.299 e. The third-order valence-corrected chi connectivity index (χ3v) is 2.37. The Morgan fingerprint density at radius 2 is 2.33 bits per heavy atom. The quantitative estimate of drug-likeness (QED) is 0.601. The molecule has 80 valence electrons. The van der Waals surface area contributed by atoms with Crippen LogP contribution in [0.3, 0.4) is 0 Å². The van der Waals surface area contributed by atoms with Gasteiger partial charge in [-0.25, -0.2) is 0 Å². The average molecular weight is 209 g/mol. The summed E-state index contributed by atoms with van der Waals surface area (Å²) in [5, 5.41) is 26.5. The number of piperazine rings is 1. The highest BCUT2D eigenvalue weighted by Crippen LogP contribution is 2.05. The molecule has 1 aromatic heterocycles. The first kappa shape index (κ1) is 9.89. The van der Waals surface area contributed by atoms with Crippen LogP contribution in [-0.2, 0) is 6.54 Å². The van der Waals surface area contributed by atoms with Crippen LogP contribution in [0.4, 0.5) is 0 Å². The summed E-state index contributed by atoms with van der Waals surface area (Å²) < 4.78 is 4.37. The highest BCUT2D eigenvalue weighted by molar-refractivity contribution is 5.19. The van der Waals surface area contributed by atoms with E-state index in [1.165, 1.54) is 0 Å². The first-order valence-electron chi connectivity index (χ1n) is 4.73. The molecule has 1 fully saturated rings. The smallest absolute Gasteiger partial charge is 0.299 e. The number of hydrogen-bond acceptors (Lipinski definition) is 6. The summed E-state index contributed by atoms with van der Waals surface area (Å²) >= 11 is 0. The van der Waals surface area contributed by atoms with Crippen molar-refractivity contribution in [1.82, 2.24) is 15.4 Å². The second-order valence-corrected chi connectivity index (χ2v) is 3.36. The zero-order valence-electron chi connectivity index (χ0n) is 8.14. The Morgan fingerprint density at radius 3 is 3.00 bits per heavy atom. The largest absolute Gasteiger partial charge is 0.358 e. The third-order valence-electron chi connectivity index (χ3n) is 2.37. The van der Waals surface area contributed by atoms with Gasteiger partial charge in [0.05, 0.1) is 6.54 Å². The van der Waals surface area contributed by atoms with Crippen molar-refractivity contribution in [2.75, 3.05) is 26.2 Å². The normalized spacial score (nSPS) is 17.5. The van der Waals surface area contributed by atoms with E-state index in [0.717, 1.165) is 26.2 Å². The van der Waals surface area contributed by atoms with Crippen LogP contribution in [0.2, 0.25) is 0 Å². The first-order valence-corrected chi connectivity index (χ1v) is 4.73. The summed E-state index contributed by atoms with van der Waals surface area (Å²) in [4.78, 5) is 2.27. The van der Waals surface area contributed by atoms with Crippen LogP contribution >= 0.6 is 0 Å². The maximum absolute atomic E-state index is 10.9. The van der Waals surface area contributed by atoms with Gasteiger partial charge in [-0.1, -0.05) is 0 Å². The van der Waals surface area contributed by atoms with E-state index < -0.39 is 0 Å². The van der Waals surface area contributed by atoms with E-state index in [-0.39, 0.29) is 10.6 Å². The van der Waals surface area contributed by atoms with E-state index in [2.05, 4.69) is 20.0 Å². The van der Waals surface area contributed by atoms with Gasteiger partial charge in [0, 0.05) is 31.3 Å². The van der Waals surface area contributed by atoms with Crippen LogP contribution in [0.5, 0.6) is 0 Å². The fourth-order valence-corrected chi connectivity index (χ4v) is 1.57. The Balaban J connectivity index is 2.06. The lowest BCUT2D eigenvalue weighted by Gasteiger charge is -2.25. The van der Waals surface area contributed by atoms with Gasteiger partial charge < -0.3 is 10.5 Å². The van der Waals surface area contributed by atoms with Crippen molar-refractivity contribution in [3.8, 4) is 6.07 Å². The second-order valence-electron chi connectivity index (χ2n) is 3.36. The first-order chi connectivity index (χ1) is 7.31. The molecular weight excluding hydrogens is 198 g/mol. The number of hydrogen-bond donors (Lipinski definition) is 1. The van der Waals surface area contributed by atoms with Gasteiger partial charge in [0.2, 0.25) is 0 Å². The van der Waals surface area contributed by atoms with Gasteiger partial charge in [0.15, 0.2) is 6.07 Å². The monoisotopic (exact) mass is 209 g/mol. The molecule has 0 aliphatic carbocycles. The van der Waals surface area contributed by atoms with Crippen LogP contribution < -0.4 is 10.2 Å². The number of aromatic nitrogens is 2. The molecular formula is C8H11N5O2. The maximum atomic E-state index is 10.9. The Bertz CT molecular complexity index is 377. The van der Waals surface area contributed by atoms with E-state index in [4.69, 9.17) is 5.26 Å². The predicted molar refractivity (Wildman–Crippen MR) is 48.3 cm³/mol. The minimum atomic E-state index is -0.0477. The molecule has 0 spiro atoms. The molecule has 0 amide bonds. The molecule has 0 radical (unpaired) electrons. The molecule has 7 heteroatoms. The van der Waals surface area contributed by atoms with E-state index in [1.54, 1.807) is 6.07 Å². The highest BCUT2D eigenvalue weighted by atomic mass is 16.8. The van der Waals surface area contributed by atoms with Gasteiger partial charge in [0.25, 0.3) is 11.4 Å². The molecule has 0 unspecified atom stereocenters. The zero-order valence-corrected chi connectivity index (χ0v) is 8.14. The molecule has 0 atom stereocenters. The summed E-state index contributed by atoms with van der Waals surface area (Å²) in [5.41, 5.74) is 0.364. The van der Waals surface area contributed by atoms with Crippen molar-refractivity contribution in [1.29, 1.82) is 5.26 Å². The van der Waals surface area contributed by atoms with E-state index in [0.29, 0.717) is 12.2 Å². The van der Waals surface area contributed by atoms with Crippen LogP contribution in [0, 0.1) is 16.5 Å². The molecule has 1 aliphatic rings. The summed E-state index contributed by atoms with van der Waals surface area (Å²) in [7, 11) is 0. The van der Waals surface area contributed by atoms with Crippen molar-refractivity contribution >= 4 is 0 Å². The van der Waals surface area contributed by atoms with Crippen LogP contribution in [-0.4, -0.2) is 36.2 Å². The molecule has 0 aromatic carbocycles. The number of nitrogens with zero attached hydrogens (tertiary/aromatic N) is 4. The van der Waals surface area contributed by atoms with Gasteiger partial charge in [-0.15, -0.1) is 0 Å². The van der Waals surface area contributed by atoms with Crippen molar-refractivity contribution in [3.63, 3.8) is 0 Å². The molecule has 2 heterocycles. The second kappa shape index (κ2) is 4.25. The Morgan fingerprint density at radius 1 is 1.60 bits per heavy atom. The minimum absolute atomic E-state index is 0.0477. The summed E-state index contributed by atoms with van der Waals surface area (Å²) in [6, 6.07) is 1.79. The fraction of sp³-hybridized carbons (Fsp3) is 0.625. The number of nitriles is 1. The predicted octanol–water partition coefficient (Wildman–Crippen LogP) is -1.42. The fourth-order valence-electron chi connectivity index (χ4n) is 1.57. The molecule has 7 nitrogen and oxygen atoms in total. The third kappa shape index (κ3) is 2.06. The summed E-state index contributed by atoms with van der Waals surface area (Å²) in [5.74, 6) is 0. The van der Waals surface area contributed by atoms with Gasteiger partial charge in [0.1, 0.15) is 0 Å². The SMILES string of the molecule is N#Cc1c(CN2CCNCC2)no[n+]1[O-]. The highest BCUT2D eigenvalue weighted by Gasteiger charge is 2.22. The van der Waals surface area contributed by atoms with Crippen molar-refractivity contribution in [3.05, 3.63) is 16.6 Å². The van der Waals surface area contributed by atoms with Crippen molar-refractivity contribution < 1.29 is 9.53 Å². The van der Waals surface area contributed by atoms with Crippen molar-refractivity contribution in [2.24, 2.45) is 0 Å². The zero-order chi connectivity index (χ0) is 10.7. The standard InChI is InChI=1S/C8H11N5O2/c9-5-8-7(11-15-13(8)14)6-12-3-1-10-2-4-12/h10H,1-4,6H2. The minimum Gasteiger partial charge on any atom is -0.358 e. The number of rotatable bonds is 2. The lowest BCUT2D eigenvalue weighted by atomic mass is 10.3. The van der Waals surface area contributed by atoms with Crippen LogP contribution in [0.15, 0.2) is 4.63 Å². The van der Waals surface area contributed by atoms with Gasteiger partial charge in [-0.2, -0.15) is 5.26 Å². The molecule has 1 aromatic rings. The topological polar surface area (TPSA) is 92.0 Å². The lowest BCUT2D eigenvalue weighted by Crippen LogP contribution is -2.43. The summed E-state index contributed by atoms with van der Waals surface area (Å²) in [6.45, 7) is 4.09. The molecule has 0 bridgehead atoms. The van der Waals surface area contributed by atoms with E-state index >= 15 is 0 Å². The van der Waals surface area contributed by atoms with Gasteiger partial charge >= 0.3 is 0 Å². The molecule has 1 aliphatic heterocycles. The molecule has 1 N–H and O–H groups in total. The lowest BCUT2D eigenvalue weighted by molar-refractivity contribution is -0.804. The van der Waals surface area contributed by atoms with E-state index in [1.807, 2.05) is 0 Å².